The Kier molecular flexibility index (Phi) is 6.21. The first-order chi connectivity index (χ1) is 8.63. The second-order valence-corrected chi connectivity index (χ2v) is 5.07. The number of carbonyl (C=O) groups is 1. The van der Waals surface area contributed by atoms with Crippen LogP contribution in [-0.2, 0) is 23.2 Å². The number of aliphatic hydroxyl groups is 1. The van der Waals surface area contributed by atoms with E-state index in [1.54, 1.807) is 17.7 Å². The van der Waals surface area contributed by atoms with Crippen molar-refractivity contribution >= 4 is 17.7 Å². The van der Waals surface area contributed by atoms with E-state index in [0.717, 1.165) is 23.7 Å². The summed E-state index contributed by atoms with van der Waals surface area (Å²) in [7, 11) is 1.83. The van der Waals surface area contributed by atoms with Gasteiger partial charge in [0.05, 0.1) is 25.1 Å². The molecule has 0 aliphatic rings. The lowest BCUT2D eigenvalue weighted by Crippen LogP contribution is -2.20. The van der Waals surface area contributed by atoms with Crippen LogP contribution in [0.1, 0.15) is 32.4 Å². The molecule has 18 heavy (non-hydrogen) atoms. The molecule has 1 rings (SSSR count). The van der Waals surface area contributed by atoms with Gasteiger partial charge in [0.1, 0.15) is 5.25 Å². The third-order valence-electron chi connectivity index (χ3n) is 2.55. The standard InChI is InChI=1S/C12H20N2O3S/c1-4-6-10(11(16)17-5-2)18-12-13-7-9(8-15)14(12)3/h7,10,15H,4-6,8H2,1-3H3. The van der Waals surface area contributed by atoms with Crippen LogP contribution in [0.25, 0.3) is 0 Å². The smallest absolute Gasteiger partial charge is 0.319 e. The Hall–Kier alpha value is -1.01. The van der Waals surface area contributed by atoms with Gasteiger partial charge in [0.25, 0.3) is 0 Å². The number of aromatic nitrogens is 2. The van der Waals surface area contributed by atoms with Gasteiger partial charge in [-0.1, -0.05) is 25.1 Å². The average Bonchev–Trinajstić information content (AvgIpc) is 2.70. The van der Waals surface area contributed by atoms with E-state index in [2.05, 4.69) is 4.98 Å². The number of imidazole rings is 1. The molecule has 102 valence electrons. The zero-order chi connectivity index (χ0) is 13.5. The zero-order valence-electron chi connectivity index (χ0n) is 11.0. The molecule has 1 aromatic heterocycles. The number of esters is 1. The number of thioether (sulfide) groups is 1. The van der Waals surface area contributed by atoms with E-state index in [-0.39, 0.29) is 17.8 Å². The third-order valence-corrected chi connectivity index (χ3v) is 3.85. The van der Waals surface area contributed by atoms with Gasteiger partial charge < -0.3 is 14.4 Å². The summed E-state index contributed by atoms with van der Waals surface area (Å²) in [5.41, 5.74) is 0.733. The Morgan fingerprint density at radius 2 is 2.33 bits per heavy atom. The Balaban J connectivity index is 2.76. The summed E-state index contributed by atoms with van der Waals surface area (Å²) >= 11 is 1.39. The first kappa shape index (κ1) is 15.0. The molecule has 1 heterocycles. The first-order valence-electron chi connectivity index (χ1n) is 6.08. The second kappa shape index (κ2) is 7.43. The Labute approximate surface area is 112 Å². The van der Waals surface area contributed by atoms with Crippen LogP contribution in [0.15, 0.2) is 11.4 Å². The molecule has 1 aromatic rings. The van der Waals surface area contributed by atoms with Crippen molar-refractivity contribution in [1.29, 1.82) is 0 Å². The summed E-state index contributed by atoms with van der Waals surface area (Å²) in [5, 5.41) is 9.59. The minimum Gasteiger partial charge on any atom is -0.465 e. The fourth-order valence-electron chi connectivity index (χ4n) is 1.53. The number of hydrogen-bond donors (Lipinski definition) is 1. The normalized spacial score (nSPS) is 12.4. The van der Waals surface area contributed by atoms with E-state index in [0.29, 0.717) is 6.61 Å². The number of ether oxygens (including phenoxy) is 1. The molecule has 0 radical (unpaired) electrons. The number of nitrogens with zero attached hydrogens (tertiary/aromatic N) is 2. The number of hydrogen-bond acceptors (Lipinski definition) is 5. The van der Waals surface area contributed by atoms with Crippen molar-refractivity contribution in [2.45, 2.75) is 43.7 Å². The van der Waals surface area contributed by atoms with Crippen LogP contribution in [0.4, 0.5) is 0 Å². The molecule has 0 fully saturated rings. The van der Waals surface area contributed by atoms with Crippen molar-refractivity contribution in [1.82, 2.24) is 9.55 Å². The molecule has 0 bridgehead atoms. The van der Waals surface area contributed by atoms with Crippen LogP contribution >= 0.6 is 11.8 Å². The molecule has 6 heteroatoms. The largest absolute Gasteiger partial charge is 0.465 e. The predicted molar refractivity (Wildman–Crippen MR) is 70.3 cm³/mol. The molecule has 0 amide bonds. The summed E-state index contributed by atoms with van der Waals surface area (Å²) in [6, 6.07) is 0. The van der Waals surface area contributed by atoms with Crippen molar-refractivity contribution in [3.63, 3.8) is 0 Å². The molecular weight excluding hydrogens is 252 g/mol. The van der Waals surface area contributed by atoms with Gasteiger partial charge in [0.15, 0.2) is 5.16 Å². The van der Waals surface area contributed by atoms with E-state index in [9.17, 15) is 4.79 Å². The van der Waals surface area contributed by atoms with Crippen LogP contribution in [0.2, 0.25) is 0 Å². The fourth-order valence-corrected chi connectivity index (χ4v) is 2.69. The van der Waals surface area contributed by atoms with E-state index in [1.807, 2.05) is 14.0 Å². The van der Waals surface area contributed by atoms with Crippen LogP contribution in [-0.4, -0.2) is 32.5 Å². The zero-order valence-corrected chi connectivity index (χ0v) is 11.9. The molecule has 5 nitrogen and oxygen atoms in total. The molecular formula is C12H20N2O3S. The van der Waals surface area contributed by atoms with Crippen molar-refractivity contribution < 1.29 is 14.6 Å². The maximum atomic E-state index is 11.8. The predicted octanol–water partition coefficient (Wildman–Crippen LogP) is 1.74. The molecule has 0 aliphatic carbocycles. The Morgan fingerprint density at radius 3 is 2.83 bits per heavy atom. The second-order valence-electron chi connectivity index (χ2n) is 3.90. The van der Waals surface area contributed by atoms with Crippen LogP contribution in [0.3, 0.4) is 0 Å². The van der Waals surface area contributed by atoms with Gasteiger partial charge in [-0.25, -0.2) is 4.98 Å². The average molecular weight is 272 g/mol. The van der Waals surface area contributed by atoms with E-state index < -0.39 is 0 Å². The van der Waals surface area contributed by atoms with E-state index >= 15 is 0 Å². The van der Waals surface area contributed by atoms with Crippen LogP contribution < -0.4 is 0 Å². The van der Waals surface area contributed by atoms with Gasteiger partial charge in [0.2, 0.25) is 0 Å². The van der Waals surface area contributed by atoms with Gasteiger partial charge in [-0.2, -0.15) is 0 Å². The number of rotatable bonds is 7. The van der Waals surface area contributed by atoms with E-state index in [1.165, 1.54) is 11.8 Å². The minimum atomic E-state index is -0.234. The van der Waals surface area contributed by atoms with E-state index in [4.69, 9.17) is 9.84 Å². The number of carbonyl (C=O) groups excluding carboxylic acids is 1. The first-order valence-corrected chi connectivity index (χ1v) is 6.96. The highest BCUT2D eigenvalue weighted by atomic mass is 32.2. The van der Waals surface area contributed by atoms with Gasteiger partial charge in [0, 0.05) is 7.05 Å². The SMILES string of the molecule is CCCC(Sc1ncc(CO)n1C)C(=O)OCC. The monoisotopic (exact) mass is 272 g/mol. The molecule has 1 N–H and O–H groups in total. The Bertz CT molecular complexity index is 393. The molecule has 0 aliphatic heterocycles. The van der Waals surface area contributed by atoms with Gasteiger partial charge in [-0.3, -0.25) is 4.79 Å². The van der Waals surface area contributed by atoms with Crippen LogP contribution in [0.5, 0.6) is 0 Å². The van der Waals surface area contributed by atoms with Crippen molar-refractivity contribution in [3.05, 3.63) is 11.9 Å². The summed E-state index contributed by atoms with van der Waals surface area (Å²) in [6.45, 7) is 4.17. The quantitative estimate of drug-likeness (QED) is 0.605. The van der Waals surface area contributed by atoms with Gasteiger partial charge in [-0.15, -0.1) is 0 Å². The van der Waals surface area contributed by atoms with Gasteiger partial charge >= 0.3 is 5.97 Å². The van der Waals surface area contributed by atoms with Gasteiger partial charge in [-0.05, 0) is 13.3 Å². The highest BCUT2D eigenvalue weighted by Gasteiger charge is 2.22. The van der Waals surface area contributed by atoms with Crippen LogP contribution in [0, 0.1) is 0 Å². The topological polar surface area (TPSA) is 64.4 Å². The molecule has 0 saturated heterocycles. The number of aliphatic hydroxyl groups excluding tert-OH is 1. The fraction of sp³-hybridized carbons (Fsp3) is 0.667. The minimum absolute atomic E-state index is 0.0537. The Morgan fingerprint density at radius 1 is 1.61 bits per heavy atom. The lowest BCUT2D eigenvalue weighted by atomic mass is 10.2. The van der Waals surface area contributed by atoms with Crippen molar-refractivity contribution in [3.8, 4) is 0 Å². The molecule has 0 spiro atoms. The lowest BCUT2D eigenvalue weighted by Gasteiger charge is -2.14. The summed E-state index contributed by atoms with van der Waals surface area (Å²) in [4.78, 5) is 16.0. The summed E-state index contributed by atoms with van der Waals surface area (Å²) in [6.07, 6.45) is 3.29. The maximum Gasteiger partial charge on any atom is 0.319 e. The summed E-state index contributed by atoms with van der Waals surface area (Å²) < 4.78 is 6.85. The molecule has 0 saturated carbocycles. The highest BCUT2D eigenvalue weighted by Crippen LogP contribution is 2.26. The maximum absolute atomic E-state index is 11.8. The third kappa shape index (κ3) is 3.74. The highest BCUT2D eigenvalue weighted by molar-refractivity contribution is 8.00. The lowest BCUT2D eigenvalue weighted by molar-refractivity contribution is -0.142. The molecule has 1 atom stereocenters. The molecule has 0 aromatic carbocycles. The molecule has 1 unspecified atom stereocenters. The van der Waals surface area contributed by atoms with Crippen molar-refractivity contribution in [2.75, 3.05) is 6.61 Å². The van der Waals surface area contributed by atoms with Crippen molar-refractivity contribution in [2.24, 2.45) is 7.05 Å². The summed E-state index contributed by atoms with van der Waals surface area (Å²) in [5.74, 6) is -0.196.